The molecule has 2 heterocycles. The number of hydrogen-bond acceptors (Lipinski definition) is 8. The zero-order valence-electron chi connectivity index (χ0n) is 20.8. The second-order valence-corrected chi connectivity index (χ2v) is 8.05. The van der Waals surface area contributed by atoms with Gasteiger partial charge >= 0.3 is 6.03 Å². The van der Waals surface area contributed by atoms with Gasteiger partial charge in [-0.15, -0.1) is 5.10 Å². The Kier molecular flexibility index (Phi) is 7.26. The van der Waals surface area contributed by atoms with Crippen molar-refractivity contribution in [2.24, 2.45) is 5.10 Å². The number of nitrogens with zero attached hydrogens (tertiary/aromatic N) is 5. The predicted octanol–water partition coefficient (Wildman–Crippen LogP) is 4.92. The number of benzene rings is 3. The van der Waals surface area contributed by atoms with Gasteiger partial charge in [-0.25, -0.2) is 19.3 Å². The van der Waals surface area contributed by atoms with E-state index < -0.39 is 6.03 Å². The molecule has 12 heteroatoms. The fourth-order valence-electron chi connectivity index (χ4n) is 3.67. The molecule has 0 saturated heterocycles. The number of hydrogen-bond donors (Lipinski definition) is 2. The van der Waals surface area contributed by atoms with E-state index in [0.717, 1.165) is 5.39 Å². The molecule has 196 valence electrons. The lowest BCUT2D eigenvalue weighted by molar-refractivity contribution is 0.252. The fraction of sp³-hybridized carbons (Fsp3) is 0.0741. The molecule has 3 aromatic carbocycles. The average molecular weight is 528 g/mol. The van der Waals surface area contributed by atoms with E-state index >= 15 is 0 Å². The second-order valence-electron chi connectivity index (χ2n) is 8.05. The minimum atomic E-state index is -0.557. The zero-order chi connectivity index (χ0) is 27.2. The first kappa shape index (κ1) is 25.1. The molecule has 0 aliphatic carbocycles. The number of aromatic nitrogens is 4. The topological polar surface area (TPSA) is 125 Å². The van der Waals surface area contributed by atoms with Crippen molar-refractivity contribution in [3.8, 4) is 28.7 Å². The van der Waals surface area contributed by atoms with Crippen LogP contribution in [-0.2, 0) is 0 Å². The van der Waals surface area contributed by atoms with Gasteiger partial charge in [0.2, 0.25) is 0 Å². The van der Waals surface area contributed by atoms with Crippen LogP contribution in [0.15, 0.2) is 84.2 Å². The number of anilines is 1. The maximum absolute atomic E-state index is 13.4. The highest BCUT2D eigenvalue weighted by atomic mass is 19.1. The number of fused-ring (bicyclic) bond motifs is 1. The van der Waals surface area contributed by atoms with Crippen molar-refractivity contribution in [3.63, 3.8) is 0 Å². The summed E-state index contributed by atoms with van der Waals surface area (Å²) < 4.78 is 31.6. The lowest BCUT2D eigenvalue weighted by Crippen LogP contribution is -2.24. The number of urea groups is 1. The first-order valence-corrected chi connectivity index (χ1v) is 11.6. The van der Waals surface area contributed by atoms with E-state index in [2.05, 4.69) is 31.1 Å². The number of carbonyl (C=O) groups is 1. The van der Waals surface area contributed by atoms with Gasteiger partial charge in [-0.1, -0.05) is 11.3 Å². The van der Waals surface area contributed by atoms with Crippen molar-refractivity contribution < 1.29 is 23.4 Å². The molecule has 0 spiro atoms. The summed E-state index contributed by atoms with van der Waals surface area (Å²) in [5.74, 6) is 1.89. The highest BCUT2D eigenvalue weighted by Crippen LogP contribution is 2.37. The molecule has 39 heavy (non-hydrogen) atoms. The number of nitrogens with one attached hydrogen (secondary N) is 2. The summed E-state index contributed by atoms with van der Waals surface area (Å²) >= 11 is 0. The maximum atomic E-state index is 13.4. The summed E-state index contributed by atoms with van der Waals surface area (Å²) in [6.45, 7) is 0. The Morgan fingerprint density at radius 3 is 2.56 bits per heavy atom. The van der Waals surface area contributed by atoms with Gasteiger partial charge in [0.15, 0.2) is 11.5 Å². The summed E-state index contributed by atoms with van der Waals surface area (Å²) in [6, 6.07) is 17.5. The summed E-state index contributed by atoms with van der Waals surface area (Å²) in [5.41, 5.74) is 4.46. The van der Waals surface area contributed by atoms with E-state index in [4.69, 9.17) is 14.2 Å². The fourth-order valence-corrected chi connectivity index (χ4v) is 3.67. The van der Waals surface area contributed by atoms with Crippen molar-refractivity contribution >= 4 is 28.8 Å². The molecule has 5 rings (SSSR count). The molecule has 0 fully saturated rings. The summed E-state index contributed by atoms with van der Waals surface area (Å²) in [6.07, 6.45) is 4.52. The molecule has 0 radical (unpaired) electrons. The van der Waals surface area contributed by atoms with Gasteiger partial charge in [-0.05, 0) is 54.6 Å². The van der Waals surface area contributed by atoms with E-state index in [1.807, 2.05) is 0 Å². The van der Waals surface area contributed by atoms with E-state index in [9.17, 15) is 9.18 Å². The van der Waals surface area contributed by atoms with Gasteiger partial charge < -0.3 is 19.5 Å². The molecule has 0 aliphatic rings. The van der Waals surface area contributed by atoms with Crippen molar-refractivity contribution in [1.82, 2.24) is 25.4 Å². The van der Waals surface area contributed by atoms with Crippen LogP contribution in [0.5, 0.6) is 23.0 Å². The van der Waals surface area contributed by atoms with E-state index in [1.165, 1.54) is 23.0 Å². The SMILES string of the molecule is COc1cc2nccc(Oc3ccc(NC(=O)N/N=C/c4cn(-c5cccc(F)c5)nn4)cc3)c2cc1OC. The minimum absolute atomic E-state index is 0.376. The Balaban J connectivity index is 1.19. The molecule has 5 aromatic rings. The largest absolute Gasteiger partial charge is 0.493 e. The van der Waals surface area contributed by atoms with Crippen molar-refractivity contribution in [1.29, 1.82) is 0 Å². The number of halogens is 1. The first-order valence-electron chi connectivity index (χ1n) is 11.6. The first-order chi connectivity index (χ1) is 19.0. The van der Waals surface area contributed by atoms with Crippen LogP contribution in [0.4, 0.5) is 14.9 Å². The summed E-state index contributed by atoms with van der Waals surface area (Å²) in [4.78, 5) is 16.6. The minimum Gasteiger partial charge on any atom is -0.493 e. The predicted molar refractivity (Wildman–Crippen MR) is 142 cm³/mol. The van der Waals surface area contributed by atoms with Gasteiger partial charge in [0.1, 0.15) is 23.0 Å². The summed E-state index contributed by atoms with van der Waals surface area (Å²) in [7, 11) is 3.13. The third kappa shape index (κ3) is 5.91. The molecule has 11 nitrogen and oxygen atoms in total. The normalized spacial score (nSPS) is 10.9. The van der Waals surface area contributed by atoms with Gasteiger partial charge in [-0.2, -0.15) is 5.10 Å². The number of amides is 2. The molecular formula is C27H22FN7O4. The standard InChI is InChI=1S/C27H22FN7O4/c1-37-25-13-22-23(14-26(25)38-2)29-11-10-24(22)39-21-8-6-18(7-9-21)31-27(36)33-30-15-19-16-35(34-32-19)20-5-3-4-17(28)12-20/h3-16H,1-2H3,(H2,31,33,36)/b30-15+. The quantitative estimate of drug-likeness (QED) is 0.217. The monoisotopic (exact) mass is 527 g/mol. The molecule has 0 unspecified atom stereocenters. The van der Waals surface area contributed by atoms with Crippen LogP contribution in [0.25, 0.3) is 16.6 Å². The van der Waals surface area contributed by atoms with E-state index in [0.29, 0.717) is 45.6 Å². The molecule has 0 aliphatic heterocycles. The Labute approximate surface area is 221 Å². The van der Waals surface area contributed by atoms with Crippen LogP contribution in [-0.4, -0.2) is 46.4 Å². The highest BCUT2D eigenvalue weighted by molar-refractivity contribution is 5.90. The van der Waals surface area contributed by atoms with E-state index in [-0.39, 0.29) is 5.82 Å². The third-order valence-electron chi connectivity index (χ3n) is 5.49. The highest BCUT2D eigenvalue weighted by Gasteiger charge is 2.11. The maximum Gasteiger partial charge on any atom is 0.339 e. The average Bonchev–Trinajstić information content (AvgIpc) is 3.42. The van der Waals surface area contributed by atoms with Crippen LogP contribution in [0.1, 0.15) is 5.69 Å². The number of pyridine rings is 1. The molecule has 0 atom stereocenters. The van der Waals surface area contributed by atoms with Crippen molar-refractivity contribution in [2.45, 2.75) is 0 Å². The molecule has 2 aromatic heterocycles. The molecule has 0 bridgehead atoms. The number of rotatable bonds is 8. The van der Waals surface area contributed by atoms with Gasteiger partial charge in [0.25, 0.3) is 0 Å². The van der Waals surface area contributed by atoms with Gasteiger partial charge in [0.05, 0.1) is 37.8 Å². The van der Waals surface area contributed by atoms with Gasteiger partial charge in [0, 0.05) is 23.3 Å². The molecule has 2 N–H and O–H groups in total. The molecule has 2 amide bonds. The number of ether oxygens (including phenoxy) is 3. The van der Waals surface area contributed by atoms with Crippen molar-refractivity contribution in [2.75, 3.05) is 19.5 Å². The van der Waals surface area contributed by atoms with Crippen molar-refractivity contribution in [3.05, 3.63) is 90.6 Å². The Hall–Kier alpha value is -5.52. The number of carbonyl (C=O) groups excluding carboxylic acids is 1. The molecule has 0 saturated carbocycles. The van der Waals surface area contributed by atoms with E-state index in [1.54, 1.807) is 81.2 Å². The van der Waals surface area contributed by atoms with Crippen LogP contribution >= 0.6 is 0 Å². The Bertz CT molecular complexity index is 1650. The Morgan fingerprint density at radius 1 is 1.00 bits per heavy atom. The smallest absolute Gasteiger partial charge is 0.339 e. The lowest BCUT2D eigenvalue weighted by Gasteiger charge is -2.12. The molecular weight excluding hydrogens is 505 g/mol. The number of methoxy groups -OCH3 is 2. The zero-order valence-corrected chi connectivity index (χ0v) is 20.8. The van der Waals surface area contributed by atoms with Crippen LogP contribution < -0.4 is 25.0 Å². The van der Waals surface area contributed by atoms with Crippen LogP contribution in [0.3, 0.4) is 0 Å². The van der Waals surface area contributed by atoms with Crippen LogP contribution in [0, 0.1) is 5.82 Å². The second kappa shape index (κ2) is 11.3. The lowest BCUT2D eigenvalue weighted by atomic mass is 10.2. The third-order valence-corrected chi connectivity index (χ3v) is 5.49. The van der Waals surface area contributed by atoms with Gasteiger partial charge in [-0.3, -0.25) is 4.98 Å². The Morgan fingerprint density at radius 2 is 1.79 bits per heavy atom. The van der Waals surface area contributed by atoms with Crippen LogP contribution in [0.2, 0.25) is 0 Å². The number of hydrazone groups is 1. The summed E-state index contributed by atoms with van der Waals surface area (Å²) in [5, 5.41) is 15.1.